The van der Waals surface area contributed by atoms with Gasteiger partial charge in [0.25, 0.3) is 11.8 Å². The molecule has 0 unspecified atom stereocenters. The molecule has 7 heteroatoms. The van der Waals surface area contributed by atoms with Crippen LogP contribution in [0.15, 0.2) is 67.0 Å². The van der Waals surface area contributed by atoms with Gasteiger partial charge in [-0.2, -0.15) is 0 Å². The second-order valence-corrected chi connectivity index (χ2v) is 8.17. The minimum atomic E-state index is -0.410. The fourth-order valence-corrected chi connectivity index (χ4v) is 4.13. The van der Waals surface area contributed by atoms with Crippen LogP contribution < -0.4 is 15.5 Å². The Hall–Kier alpha value is -3.84. The summed E-state index contributed by atoms with van der Waals surface area (Å²) in [4.78, 5) is 32.8. The quantitative estimate of drug-likeness (QED) is 0.440. The Morgan fingerprint density at radius 1 is 0.906 bits per heavy atom. The number of nitrogens with one attached hydrogen (secondary N) is 3. The molecule has 32 heavy (non-hydrogen) atoms. The van der Waals surface area contributed by atoms with E-state index in [-0.39, 0.29) is 5.91 Å². The van der Waals surface area contributed by atoms with Crippen molar-refractivity contribution < 1.29 is 9.59 Å². The number of H-pyrrole nitrogens is 1. The van der Waals surface area contributed by atoms with Crippen molar-refractivity contribution >= 4 is 28.8 Å². The van der Waals surface area contributed by atoms with E-state index in [1.54, 1.807) is 12.3 Å². The van der Waals surface area contributed by atoms with Crippen molar-refractivity contribution in [1.29, 1.82) is 0 Å². The molecule has 2 aromatic carbocycles. The Labute approximate surface area is 186 Å². The van der Waals surface area contributed by atoms with Gasteiger partial charge in [0.1, 0.15) is 0 Å². The van der Waals surface area contributed by atoms with Gasteiger partial charge in [0.05, 0.1) is 5.57 Å². The molecule has 162 valence electrons. The van der Waals surface area contributed by atoms with Crippen LogP contribution in [0.5, 0.6) is 0 Å². The molecule has 1 aromatic heterocycles. The van der Waals surface area contributed by atoms with E-state index in [1.807, 2.05) is 42.6 Å². The highest BCUT2D eigenvalue weighted by Gasteiger charge is 2.27. The molecule has 2 aliphatic heterocycles. The molecule has 0 aliphatic carbocycles. The molecular formula is C25H25N5O2. The molecule has 3 N–H and O–H groups in total. The number of rotatable bonds is 4. The van der Waals surface area contributed by atoms with Crippen LogP contribution in [0, 0.1) is 0 Å². The van der Waals surface area contributed by atoms with Gasteiger partial charge < -0.3 is 20.1 Å². The summed E-state index contributed by atoms with van der Waals surface area (Å²) < 4.78 is 0. The summed E-state index contributed by atoms with van der Waals surface area (Å²) in [5.74, 6) is -0.788. The van der Waals surface area contributed by atoms with Crippen molar-refractivity contribution in [2.24, 2.45) is 0 Å². The third-order valence-electron chi connectivity index (χ3n) is 6.05. The maximum Gasteiger partial charge on any atom is 0.260 e. The monoisotopic (exact) mass is 427 g/mol. The highest BCUT2D eigenvalue weighted by Crippen LogP contribution is 2.29. The van der Waals surface area contributed by atoms with Gasteiger partial charge in [-0.1, -0.05) is 6.07 Å². The third-order valence-corrected chi connectivity index (χ3v) is 6.05. The second kappa shape index (κ2) is 8.36. The van der Waals surface area contributed by atoms with E-state index in [2.05, 4.69) is 44.6 Å². The summed E-state index contributed by atoms with van der Waals surface area (Å²) >= 11 is 0. The molecule has 2 aliphatic rings. The molecule has 1 saturated heterocycles. The first-order valence-corrected chi connectivity index (χ1v) is 10.7. The number of imide groups is 1. The van der Waals surface area contributed by atoms with Gasteiger partial charge in [-0.05, 0) is 61.1 Å². The first-order chi connectivity index (χ1) is 15.6. The molecule has 2 amide bonds. The number of nitrogens with zero attached hydrogens (tertiary/aromatic N) is 2. The normalized spacial score (nSPS) is 17.9. The van der Waals surface area contributed by atoms with Crippen LogP contribution in [-0.2, 0) is 4.79 Å². The largest absolute Gasteiger partial charge is 0.369 e. The van der Waals surface area contributed by atoms with Crippen molar-refractivity contribution in [3.63, 3.8) is 0 Å². The fraction of sp³-hybridized carbons (Fsp3) is 0.200. The standard InChI is InChI=1S/C25H25N5O2/c1-29-11-13-30(14-12-29)19-7-5-18(6-8-19)27-16-22-21-15-17(23-3-2-10-26-23)4-9-20(21)24(31)28-25(22)32/h2-10,15-16,26-27H,11-14H2,1H3,(H,28,31,32). The van der Waals surface area contributed by atoms with Gasteiger partial charge in [-0.3, -0.25) is 14.9 Å². The average Bonchev–Trinajstić information content (AvgIpc) is 3.35. The van der Waals surface area contributed by atoms with Gasteiger partial charge in [0.15, 0.2) is 0 Å². The molecule has 0 radical (unpaired) electrons. The smallest absolute Gasteiger partial charge is 0.260 e. The van der Waals surface area contributed by atoms with Crippen LogP contribution in [0.2, 0.25) is 0 Å². The lowest BCUT2D eigenvalue weighted by Gasteiger charge is -2.34. The Bertz CT molecular complexity index is 1170. The predicted octanol–water partition coefficient (Wildman–Crippen LogP) is 3.16. The molecule has 3 heterocycles. The number of fused-ring (bicyclic) bond motifs is 1. The average molecular weight is 428 g/mol. The molecule has 5 rings (SSSR count). The molecular weight excluding hydrogens is 402 g/mol. The van der Waals surface area contributed by atoms with Crippen LogP contribution in [0.4, 0.5) is 11.4 Å². The Balaban J connectivity index is 1.39. The number of hydrogen-bond donors (Lipinski definition) is 3. The highest BCUT2D eigenvalue weighted by atomic mass is 16.2. The Morgan fingerprint density at radius 3 is 2.41 bits per heavy atom. The summed E-state index contributed by atoms with van der Waals surface area (Å²) in [6.45, 7) is 4.15. The summed E-state index contributed by atoms with van der Waals surface area (Å²) in [6.07, 6.45) is 3.51. The van der Waals surface area contributed by atoms with E-state index >= 15 is 0 Å². The number of anilines is 2. The lowest BCUT2D eigenvalue weighted by Crippen LogP contribution is -2.44. The summed E-state index contributed by atoms with van der Waals surface area (Å²) in [5, 5.41) is 5.65. The predicted molar refractivity (Wildman–Crippen MR) is 126 cm³/mol. The van der Waals surface area contributed by atoms with E-state index in [9.17, 15) is 9.59 Å². The van der Waals surface area contributed by atoms with Gasteiger partial charge >= 0.3 is 0 Å². The zero-order chi connectivity index (χ0) is 22.1. The van der Waals surface area contributed by atoms with Gasteiger partial charge in [0, 0.05) is 66.8 Å². The molecule has 1 fully saturated rings. The highest BCUT2D eigenvalue weighted by molar-refractivity contribution is 6.31. The summed E-state index contributed by atoms with van der Waals surface area (Å²) in [7, 11) is 2.14. The topological polar surface area (TPSA) is 80.5 Å². The number of likely N-dealkylation sites (N-methyl/N-ethyl adjacent to an activating group) is 1. The molecule has 7 nitrogen and oxygen atoms in total. The molecule has 0 atom stereocenters. The van der Waals surface area contributed by atoms with E-state index in [4.69, 9.17) is 0 Å². The van der Waals surface area contributed by atoms with E-state index in [1.165, 1.54) is 5.69 Å². The SMILES string of the molecule is CN1CCN(c2ccc(NC=C3C(=O)NC(=O)c4ccc(-c5ccc[nH]5)cc43)cc2)CC1. The number of hydrogen-bond acceptors (Lipinski definition) is 5. The van der Waals surface area contributed by atoms with E-state index in [0.717, 1.165) is 43.1 Å². The number of carbonyl (C=O) groups is 2. The van der Waals surface area contributed by atoms with Crippen molar-refractivity contribution in [1.82, 2.24) is 15.2 Å². The van der Waals surface area contributed by atoms with Crippen LogP contribution in [0.1, 0.15) is 15.9 Å². The molecule has 0 bridgehead atoms. The number of benzene rings is 2. The second-order valence-electron chi connectivity index (χ2n) is 8.17. The van der Waals surface area contributed by atoms with Crippen LogP contribution in [-0.4, -0.2) is 54.9 Å². The summed E-state index contributed by atoms with van der Waals surface area (Å²) in [5.41, 5.74) is 5.44. The van der Waals surface area contributed by atoms with Crippen LogP contribution >= 0.6 is 0 Å². The van der Waals surface area contributed by atoms with Crippen LogP contribution in [0.25, 0.3) is 16.8 Å². The van der Waals surface area contributed by atoms with Gasteiger partial charge in [0.2, 0.25) is 0 Å². The van der Waals surface area contributed by atoms with Crippen molar-refractivity contribution in [3.05, 3.63) is 78.1 Å². The number of aromatic nitrogens is 1. The zero-order valence-corrected chi connectivity index (χ0v) is 17.9. The molecule has 3 aromatic rings. The first-order valence-electron chi connectivity index (χ1n) is 10.7. The van der Waals surface area contributed by atoms with Crippen molar-refractivity contribution in [2.45, 2.75) is 0 Å². The molecule has 0 spiro atoms. The van der Waals surface area contributed by atoms with Crippen molar-refractivity contribution in [2.75, 3.05) is 43.4 Å². The maximum atomic E-state index is 12.6. The lowest BCUT2D eigenvalue weighted by atomic mass is 9.93. The number of carbonyl (C=O) groups excluding carboxylic acids is 2. The Kier molecular flexibility index (Phi) is 5.25. The number of aromatic amines is 1. The van der Waals surface area contributed by atoms with Crippen molar-refractivity contribution in [3.8, 4) is 11.3 Å². The fourth-order valence-electron chi connectivity index (χ4n) is 4.13. The number of piperazine rings is 1. The number of amides is 2. The van der Waals surface area contributed by atoms with Gasteiger partial charge in [-0.15, -0.1) is 0 Å². The minimum absolute atomic E-state index is 0.378. The molecule has 0 saturated carbocycles. The minimum Gasteiger partial charge on any atom is -0.369 e. The van der Waals surface area contributed by atoms with E-state index in [0.29, 0.717) is 16.7 Å². The van der Waals surface area contributed by atoms with Gasteiger partial charge in [-0.25, -0.2) is 0 Å². The van der Waals surface area contributed by atoms with E-state index < -0.39 is 5.91 Å². The Morgan fingerprint density at radius 2 is 1.69 bits per heavy atom. The maximum absolute atomic E-state index is 12.6. The first kappa shape index (κ1) is 20.1. The zero-order valence-electron chi connectivity index (χ0n) is 17.9. The summed E-state index contributed by atoms with van der Waals surface area (Å²) in [6, 6.07) is 17.6. The lowest BCUT2D eigenvalue weighted by molar-refractivity contribution is -0.114. The third kappa shape index (κ3) is 3.90. The van der Waals surface area contributed by atoms with Crippen LogP contribution in [0.3, 0.4) is 0 Å².